The normalized spacial score (nSPS) is 15.8. The van der Waals surface area contributed by atoms with E-state index in [4.69, 9.17) is 23.1 Å². The molecule has 0 spiro atoms. The second-order valence-corrected chi connectivity index (χ2v) is 12.1. The number of nitrogens with one attached hydrogen (secondary N) is 1. The van der Waals surface area contributed by atoms with Gasteiger partial charge >= 0.3 is 0 Å². The summed E-state index contributed by atoms with van der Waals surface area (Å²) in [6.45, 7) is 6.83. The maximum Gasteiger partial charge on any atom is 0.245 e. The summed E-state index contributed by atoms with van der Waals surface area (Å²) in [7, 11) is 0. The molecular weight excluding hydrogens is 560 g/mol. The van der Waals surface area contributed by atoms with E-state index >= 15 is 0 Å². The van der Waals surface area contributed by atoms with Crippen molar-refractivity contribution in [3.63, 3.8) is 0 Å². The number of piperidine rings is 1. The number of nitrogens with two attached hydrogens (primary N) is 2. The number of rotatable bonds is 16. The Balaban J connectivity index is 1.75. The molecule has 1 heterocycles. The maximum atomic E-state index is 14.0. The minimum Gasteiger partial charge on any atom is -0.390 e. The van der Waals surface area contributed by atoms with E-state index < -0.39 is 6.04 Å². The third kappa shape index (κ3) is 10.2. The molecule has 0 aliphatic carbocycles. The van der Waals surface area contributed by atoms with Crippen molar-refractivity contribution in [2.24, 2.45) is 32.8 Å². The molecule has 0 bridgehead atoms. The Morgan fingerprint density at radius 1 is 1.05 bits per heavy atom. The van der Waals surface area contributed by atoms with Crippen LogP contribution in [0, 0.1) is 11.3 Å². The number of benzene rings is 2. The first-order valence-electron chi connectivity index (χ1n) is 15.7. The van der Waals surface area contributed by atoms with Gasteiger partial charge in [-0.15, -0.1) is 0 Å². The van der Waals surface area contributed by atoms with Crippen LogP contribution in [-0.4, -0.2) is 55.1 Å². The lowest BCUT2D eigenvalue weighted by Gasteiger charge is -2.46. The molecule has 2 aromatic carbocycles. The van der Waals surface area contributed by atoms with Crippen LogP contribution in [0.3, 0.4) is 0 Å². The van der Waals surface area contributed by atoms with Gasteiger partial charge in [0.15, 0.2) is 0 Å². The van der Waals surface area contributed by atoms with Crippen LogP contribution in [0.1, 0.15) is 75.5 Å². The number of hydrogen-bond acceptors (Lipinski definition) is 4. The molecule has 1 saturated heterocycles. The van der Waals surface area contributed by atoms with Gasteiger partial charge in [0.25, 0.3) is 0 Å². The molecule has 234 valence electrons. The molecule has 1 aliphatic heterocycles. The molecule has 1 atom stereocenters. The van der Waals surface area contributed by atoms with Crippen molar-refractivity contribution in [1.29, 1.82) is 0 Å². The fourth-order valence-electron chi connectivity index (χ4n) is 6.42. The van der Waals surface area contributed by atoms with Gasteiger partial charge in [-0.25, -0.2) is 4.99 Å². The summed E-state index contributed by atoms with van der Waals surface area (Å²) >= 11 is 6.11. The average Bonchev–Trinajstić information content (AvgIpc) is 3.03. The summed E-state index contributed by atoms with van der Waals surface area (Å²) in [5.74, 6) is 0.337. The molecular formula is C34H49ClN6O2. The molecule has 0 saturated carbocycles. The predicted octanol–water partition coefficient (Wildman–Crippen LogP) is 5.30. The number of hydrogen-bond donors (Lipinski definition) is 3. The van der Waals surface area contributed by atoms with Gasteiger partial charge < -0.3 is 21.7 Å². The Labute approximate surface area is 262 Å². The number of carbonyl (C=O) groups excluding carboxylic acids is 2. The SMILES string of the molecule is CCCC(CCC)C1(CN=CN=CN)CCN(C(=O)C(Cc2ccc(Cl)cc2)NC(=O)CCc2ccccc2CN)CC1. The zero-order valence-electron chi connectivity index (χ0n) is 25.8. The van der Waals surface area contributed by atoms with Crippen LogP contribution in [0.5, 0.6) is 0 Å². The zero-order valence-corrected chi connectivity index (χ0v) is 26.6. The van der Waals surface area contributed by atoms with E-state index in [2.05, 4.69) is 29.1 Å². The second-order valence-electron chi connectivity index (χ2n) is 11.6. The van der Waals surface area contributed by atoms with Crippen LogP contribution in [0.25, 0.3) is 0 Å². The van der Waals surface area contributed by atoms with E-state index in [0.717, 1.165) is 55.2 Å². The Kier molecular flexibility index (Phi) is 14.2. The summed E-state index contributed by atoms with van der Waals surface area (Å²) < 4.78 is 0. The highest BCUT2D eigenvalue weighted by atomic mass is 35.5. The fraction of sp³-hybridized carbons (Fsp3) is 0.529. The quantitative estimate of drug-likeness (QED) is 0.177. The van der Waals surface area contributed by atoms with E-state index in [0.29, 0.717) is 50.0 Å². The monoisotopic (exact) mass is 608 g/mol. The van der Waals surface area contributed by atoms with Crippen molar-refractivity contribution in [2.75, 3.05) is 19.6 Å². The Morgan fingerprint density at radius 2 is 1.70 bits per heavy atom. The third-order valence-corrected chi connectivity index (χ3v) is 9.05. The van der Waals surface area contributed by atoms with E-state index in [1.165, 1.54) is 12.7 Å². The van der Waals surface area contributed by atoms with Crippen LogP contribution in [0.15, 0.2) is 58.5 Å². The molecule has 9 heteroatoms. The van der Waals surface area contributed by atoms with Crippen LogP contribution < -0.4 is 16.8 Å². The average molecular weight is 609 g/mol. The number of carbonyl (C=O) groups is 2. The highest BCUT2D eigenvalue weighted by molar-refractivity contribution is 6.30. The van der Waals surface area contributed by atoms with Gasteiger partial charge in [-0.2, -0.15) is 0 Å². The molecule has 3 rings (SSSR count). The summed E-state index contributed by atoms with van der Waals surface area (Å²) in [6, 6.07) is 14.7. The van der Waals surface area contributed by atoms with Crippen LogP contribution in [0.2, 0.25) is 5.02 Å². The van der Waals surface area contributed by atoms with Gasteiger partial charge in [0.1, 0.15) is 12.4 Å². The van der Waals surface area contributed by atoms with E-state index in [-0.39, 0.29) is 23.7 Å². The van der Waals surface area contributed by atoms with E-state index in [9.17, 15) is 9.59 Å². The van der Waals surface area contributed by atoms with Crippen molar-refractivity contribution in [3.05, 3.63) is 70.2 Å². The van der Waals surface area contributed by atoms with Crippen LogP contribution in [0.4, 0.5) is 0 Å². The molecule has 8 nitrogen and oxygen atoms in total. The predicted molar refractivity (Wildman–Crippen MR) is 177 cm³/mol. The standard InChI is InChI=1S/C34H49ClN6O2/c1-3-7-29(8-4-2)34(23-38-25-39-24-37)17-19-41(20-18-34)33(43)31(21-26-11-14-30(35)15-12-26)40-32(42)16-13-27-9-5-6-10-28(27)22-36/h5-6,9-12,14-15,24-25,29,31H,3-4,7-8,13,16-23,36H2,1-2H3,(H,40,42)(H2,37,38,39). The van der Waals surface area contributed by atoms with Crippen molar-refractivity contribution < 1.29 is 9.59 Å². The lowest BCUT2D eigenvalue weighted by molar-refractivity contribution is -0.139. The Bertz CT molecular complexity index is 1200. The number of likely N-dealkylation sites (tertiary alicyclic amines) is 1. The van der Waals surface area contributed by atoms with Crippen LogP contribution >= 0.6 is 11.6 Å². The summed E-state index contributed by atoms with van der Waals surface area (Å²) in [5, 5.41) is 3.71. The molecule has 1 fully saturated rings. The summed E-state index contributed by atoms with van der Waals surface area (Å²) in [6.07, 6.45) is 10.3. The Morgan fingerprint density at radius 3 is 2.30 bits per heavy atom. The first-order chi connectivity index (χ1) is 20.9. The number of aryl methyl sites for hydroxylation is 1. The lowest BCUT2D eigenvalue weighted by atomic mass is 9.65. The topological polar surface area (TPSA) is 126 Å². The van der Waals surface area contributed by atoms with Gasteiger partial charge in [-0.05, 0) is 59.4 Å². The molecule has 0 aromatic heterocycles. The minimum atomic E-state index is -0.662. The number of halogens is 1. The number of amides is 2. The molecule has 43 heavy (non-hydrogen) atoms. The first-order valence-corrected chi connectivity index (χ1v) is 16.0. The summed E-state index contributed by atoms with van der Waals surface area (Å²) in [4.78, 5) is 37.7. The maximum absolute atomic E-state index is 14.0. The molecule has 5 N–H and O–H groups in total. The fourth-order valence-corrected chi connectivity index (χ4v) is 6.55. The minimum absolute atomic E-state index is 0.00866. The van der Waals surface area contributed by atoms with Crippen molar-refractivity contribution in [2.45, 2.75) is 84.2 Å². The number of aliphatic imine (C=N–C) groups is 2. The zero-order chi connectivity index (χ0) is 31.1. The van der Waals surface area contributed by atoms with E-state index in [1.54, 1.807) is 0 Å². The van der Waals surface area contributed by atoms with Gasteiger partial charge in [0.05, 0.1) is 6.34 Å². The molecule has 1 aliphatic rings. The highest BCUT2D eigenvalue weighted by Crippen LogP contribution is 2.44. The largest absolute Gasteiger partial charge is 0.390 e. The van der Waals surface area contributed by atoms with Crippen LogP contribution in [-0.2, 0) is 29.0 Å². The van der Waals surface area contributed by atoms with Crippen molar-refractivity contribution in [3.8, 4) is 0 Å². The second kappa shape index (κ2) is 17.8. The van der Waals surface area contributed by atoms with Gasteiger partial charge in [0, 0.05) is 44.0 Å². The number of nitrogens with zero attached hydrogens (tertiary/aromatic N) is 3. The van der Waals surface area contributed by atoms with Gasteiger partial charge in [-0.1, -0.05) is 87.5 Å². The van der Waals surface area contributed by atoms with Crippen molar-refractivity contribution in [1.82, 2.24) is 10.2 Å². The molecule has 1 unspecified atom stereocenters. The molecule has 0 radical (unpaired) electrons. The van der Waals surface area contributed by atoms with Gasteiger partial charge in [0.2, 0.25) is 11.8 Å². The third-order valence-electron chi connectivity index (χ3n) is 8.80. The lowest BCUT2D eigenvalue weighted by Crippen LogP contribution is -2.54. The van der Waals surface area contributed by atoms with Crippen molar-refractivity contribution >= 4 is 36.1 Å². The Hall–Kier alpha value is -3.23. The van der Waals surface area contributed by atoms with E-state index in [1.807, 2.05) is 53.4 Å². The highest BCUT2D eigenvalue weighted by Gasteiger charge is 2.42. The smallest absolute Gasteiger partial charge is 0.245 e. The first kappa shape index (κ1) is 34.3. The summed E-state index contributed by atoms with van der Waals surface area (Å²) in [5.41, 5.74) is 14.3. The molecule has 2 aromatic rings. The molecule has 2 amide bonds. The van der Waals surface area contributed by atoms with Gasteiger partial charge in [-0.3, -0.25) is 14.6 Å².